The molecule has 0 spiro atoms. The van der Waals surface area contributed by atoms with Crippen LogP contribution in [-0.4, -0.2) is 48.3 Å². The van der Waals surface area contributed by atoms with Gasteiger partial charge >= 0.3 is 0 Å². The zero-order chi connectivity index (χ0) is 11.6. The molecule has 0 saturated carbocycles. The molecule has 3 atom stereocenters. The van der Waals surface area contributed by atoms with Crippen LogP contribution in [0, 0.1) is 11.8 Å². The molecule has 2 aliphatic heterocycles. The molecule has 2 heterocycles. The number of hydrogen-bond donors (Lipinski definition) is 2. The average molecular weight is 226 g/mol. The Morgan fingerprint density at radius 2 is 2.25 bits per heavy atom. The Bertz CT molecular complexity index is 234. The SMILES string of the molecule is CCN1CCC(CC2CNC(C)(CO)C2)C1. The maximum Gasteiger partial charge on any atom is 0.0610 e. The Morgan fingerprint density at radius 3 is 2.81 bits per heavy atom. The molecule has 16 heavy (non-hydrogen) atoms. The molecule has 0 amide bonds. The summed E-state index contributed by atoms with van der Waals surface area (Å²) in [6.45, 7) is 9.55. The molecule has 94 valence electrons. The summed E-state index contributed by atoms with van der Waals surface area (Å²) in [6, 6.07) is 0. The van der Waals surface area contributed by atoms with Crippen LogP contribution in [0.4, 0.5) is 0 Å². The minimum absolute atomic E-state index is 0.00624. The lowest BCUT2D eigenvalue weighted by molar-refractivity contribution is 0.187. The molecule has 0 aliphatic carbocycles. The summed E-state index contributed by atoms with van der Waals surface area (Å²) in [5.41, 5.74) is -0.00624. The van der Waals surface area contributed by atoms with E-state index in [0.29, 0.717) is 0 Å². The van der Waals surface area contributed by atoms with Crippen molar-refractivity contribution in [2.75, 3.05) is 32.8 Å². The van der Waals surface area contributed by atoms with Crippen molar-refractivity contribution in [2.45, 2.75) is 38.6 Å². The minimum Gasteiger partial charge on any atom is -0.394 e. The third kappa shape index (κ3) is 2.76. The van der Waals surface area contributed by atoms with Crippen molar-refractivity contribution in [1.29, 1.82) is 0 Å². The first-order chi connectivity index (χ1) is 7.65. The fourth-order valence-electron chi connectivity index (χ4n) is 3.32. The predicted octanol–water partition coefficient (Wildman–Crippen LogP) is 1.08. The van der Waals surface area contributed by atoms with E-state index < -0.39 is 0 Å². The van der Waals surface area contributed by atoms with Crippen molar-refractivity contribution in [1.82, 2.24) is 10.2 Å². The van der Waals surface area contributed by atoms with Gasteiger partial charge in [0.15, 0.2) is 0 Å². The Balaban J connectivity index is 1.75. The monoisotopic (exact) mass is 226 g/mol. The first-order valence-corrected chi connectivity index (χ1v) is 6.73. The molecular weight excluding hydrogens is 200 g/mol. The van der Waals surface area contributed by atoms with E-state index in [1.807, 2.05) is 0 Å². The summed E-state index contributed by atoms with van der Waals surface area (Å²) < 4.78 is 0. The highest BCUT2D eigenvalue weighted by Crippen LogP contribution is 2.31. The smallest absolute Gasteiger partial charge is 0.0610 e. The van der Waals surface area contributed by atoms with Crippen LogP contribution < -0.4 is 5.32 Å². The molecule has 2 saturated heterocycles. The van der Waals surface area contributed by atoms with E-state index in [0.717, 1.165) is 24.8 Å². The van der Waals surface area contributed by atoms with Gasteiger partial charge in [-0.2, -0.15) is 0 Å². The van der Waals surface area contributed by atoms with Gasteiger partial charge in [0, 0.05) is 12.1 Å². The summed E-state index contributed by atoms with van der Waals surface area (Å²) in [5, 5.41) is 12.8. The minimum atomic E-state index is -0.00624. The lowest BCUT2D eigenvalue weighted by atomic mass is 9.88. The summed E-state index contributed by atoms with van der Waals surface area (Å²) in [5.74, 6) is 1.67. The fraction of sp³-hybridized carbons (Fsp3) is 1.00. The van der Waals surface area contributed by atoms with E-state index in [-0.39, 0.29) is 12.1 Å². The molecule has 0 aromatic rings. The van der Waals surface area contributed by atoms with Gasteiger partial charge in [-0.05, 0) is 57.7 Å². The van der Waals surface area contributed by atoms with Crippen LogP contribution in [0.3, 0.4) is 0 Å². The molecule has 3 nitrogen and oxygen atoms in total. The van der Waals surface area contributed by atoms with Gasteiger partial charge in [0.2, 0.25) is 0 Å². The quantitative estimate of drug-likeness (QED) is 0.753. The van der Waals surface area contributed by atoms with Crippen LogP contribution in [0.15, 0.2) is 0 Å². The molecule has 3 unspecified atom stereocenters. The number of aliphatic hydroxyl groups excluding tert-OH is 1. The Labute approximate surface area is 99.2 Å². The largest absolute Gasteiger partial charge is 0.394 e. The normalized spacial score (nSPS) is 40.7. The van der Waals surface area contributed by atoms with Crippen molar-refractivity contribution >= 4 is 0 Å². The van der Waals surface area contributed by atoms with Gasteiger partial charge < -0.3 is 15.3 Å². The zero-order valence-electron chi connectivity index (χ0n) is 10.7. The lowest BCUT2D eigenvalue weighted by Crippen LogP contribution is -2.39. The maximum absolute atomic E-state index is 9.31. The van der Waals surface area contributed by atoms with Gasteiger partial charge in [-0.3, -0.25) is 0 Å². The highest BCUT2D eigenvalue weighted by molar-refractivity contribution is 4.94. The lowest BCUT2D eigenvalue weighted by Gasteiger charge is -2.21. The van der Waals surface area contributed by atoms with Gasteiger partial charge in [0.25, 0.3) is 0 Å². The number of aliphatic hydroxyl groups is 1. The van der Waals surface area contributed by atoms with Gasteiger partial charge in [-0.15, -0.1) is 0 Å². The number of rotatable bonds is 4. The number of nitrogens with zero attached hydrogens (tertiary/aromatic N) is 1. The Hall–Kier alpha value is -0.120. The van der Waals surface area contributed by atoms with Gasteiger partial charge in [-0.1, -0.05) is 6.92 Å². The van der Waals surface area contributed by atoms with E-state index in [4.69, 9.17) is 0 Å². The molecule has 2 fully saturated rings. The molecule has 0 aromatic carbocycles. The van der Waals surface area contributed by atoms with E-state index >= 15 is 0 Å². The third-order valence-corrected chi connectivity index (χ3v) is 4.39. The van der Waals surface area contributed by atoms with E-state index in [9.17, 15) is 5.11 Å². The molecular formula is C13H26N2O. The molecule has 2 rings (SSSR count). The van der Waals surface area contributed by atoms with E-state index in [2.05, 4.69) is 24.1 Å². The topological polar surface area (TPSA) is 35.5 Å². The van der Waals surface area contributed by atoms with Crippen LogP contribution >= 0.6 is 0 Å². The average Bonchev–Trinajstić information content (AvgIpc) is 2.87. The number of nitrogens with one attached hydrogen (secondary N) is 1. The maximum atomic E-state index is 9.31. The second-order valence-electron chi connectivity index (χ2n) is 5.95. The van der Waals surface area contributed by atoms with Crippen LogP contribution in [0.1, 0.15) is 33.1 Å². The molecule has 2 aliphatic rings. The second-order valence-corrected chi connectivity index (χ2v) is 5.95. The Morgan fingerprint density at radius 1 is 1.44 bits per heavy atom. The van der Waals surface area contributed by atoms with E-state index in [1.165, 1.54) is 32.5 Å². The molecule has 0 bridgehead atoms. The summed E-state index contributed by atoms with van der Waals surface area (Å²) >= 11 is 0. The van der Waals surface area contributed by atoms with Crippen LogP contribution in [0.2, 0.25) is 0 Å². The van der Waals surface area contributed by atoms with Crippen molar-refractivity contribution in [3.63, 3.8) is 0 Å². The van der Waals surface area contributed by atoms with Crippen molar-refractivity contribution in [3.8, 4) is 0 Å². The summed E-state index contributed by atoms with van der Waals surface area (Å²) in [4.78, 5) is 2.55. The summed E-state index contributed by atoms with van der Waals surface area (Å²) in [6.07, 6.45) is 3.87. The highest BCUT2D eigenvalue weighted by atomic mass is 16.3. The van der Waals surface area contributed by atoms with Crippen LogP contribution in [0.5, 0.6) is 0 Å². The highest BCUT2D eigenvalue weighted by Gasteiger charge is 2.35. The van der Waals surface area contributed by atoms with Crippen LogP contribution in [-0.2, 0) is 0 Å². The van der Waals surface area contributed by atoms with Gasteiger partial charge in [0.05, 0.1) is 6.61 Å². The molecule has 0 aromatic heterocycles. The number of hydrogen-bond acceptors (Lipinski definition) is 3. The zero-order valence-corrected chi connectivity index (χ0v) is 10.7. The summed E-state index contributed by atoms with van der Waals surface area (Å²) in [7, 11) is 0. The van der Waals surface area contributed by atoms with E-state index in [1.54, 1.807) is 0 Å². The van der Waals surface area contributed by atoms with Crippen molar-refractivity contribution in [2.24, 2.45) is 11.8 Å². The Kier molecular flexibility index (Phi) is 3.88. The fourth-order valence-corrected chi connectivity index (χ4v) is 3.32. The van der Waals surface area contributed by atoms with Crippen LogP contribution in [0.25, 0.3) is 0 Å². The molecule has 3 heteroatoms. The number of likely N-dealkylation sites (tertiary alicyclic amines) is 1. The van der Waals surface area contributed by atoms with Gasteiger partial charge in [-0.25, -0.2) is 0 Å². The third-order valence-electron chi connectivity index (χ3n) is 4.39. The van der Waals surface area contributed by atoms with Crippen molar-refractivity contribution < 1.29 is 5.11 Å². The van der Waals surface area contributed by atoms with Crippen molar-refractivity contribution in [3.05, 3.63) is 0 Å². The second kappa shape index (κ2) is 5.03. The predicted molar refractivity (Wildman–Crippen MR) is 66.4 cm³/mol. The molecule has 2 N–H and O–H groups in total. The van der Waals surface area contributed by atoms with Gasteiger partial charge in [0.1, 0.15) is 0 Å². The first-order valence-electron chi connectivity index (χ1n) is 6.73. The first kappa shape index (κ1) is 12.3. The molecule has 0 radical (unpaired) electrons. The standard InChI is InChI=1S/C13H26N2O/c1-3-15-5-4-11(9-15)6-12-7-13(2,10-16)14-8-12/h11-12,14,16H,3-10H2,1-2H3.